The molecule has 1 saturated carbocycles. The quantitative estimate of drug-likeness (QED) is 0.164. The summed E-state index contributed by atoms with van der Waals surface area (Å²) in [5.74, 6) is -0.461. The fraction of sp³-hybridized carbons (Fsp3) is 0.588. The zero-order valence-corrected chi connectivity index (χ0v) is 23.7. The van der Waals surface area contributed by atoms with Crippen molar-refractivity contribution < 1.29 is 19.1 Å². The van der Waals surface area contributed by atoms with Gasteiger partial charge in [-0.15, -0.1) is 0 Å². The summed E-state index contributed by atoms with van der Waals surface area (Å²) in [6.07, 6.45) is 16.9. The second-order valence-corrected chi connectivity index (χ2v) is 11.0. The second kappa shape index (κ2) is 17.1. The molecule has 4 nitrogen and oxygen atoms in total. The molecule has 0 spiro atoms. The normalized spacial score (nSPS) is 14.7. The predicted octanol–water partition coefficient (Wildman–Crippen LogP) is 8.89. The molecule has 0 heterocycles. The van der Waals surface area contributed by atoms with Gasteiger partial charge in [0, 0.05) is 0 Å². The highest BCUT2D eigenvalue weighted by molar-refractivity contribution is 5.90. The maximum Gasteiger partial charge on any atom is 0.338 e. The van der Waals surface area contributed by atoms with Gasteiger partial charge in [-0.1, -0.05) is 95.9 Å². The average Bonchev–Trinajstić information content (AvgIpc) is 2.96. The molecule has 0 aliphatic heterocycles. The van der Waals surface area contributed by atoms with E-state index in [1.807, 2.05) is 48.5 Å². The summed E-state index contributed by atoms with van der Waals surface area (Å²) in [6.45, 7) is 4.53. The van der Waals surface area contributed by atoms with Crippen molar-refractivity contribution in [3.63, 3.8) is 0 Å². The number of hydrogen-bond acceptors (Lipinski definition) is 4. The smallest absolute Gasteiger partial charge is 0.338 e. The molecule has 2 aromatic rings. The van der Waals surface area contributed by atoms with E-state index in [9.17, 15) is 9.59 Å². The molecule has 2 aromatic carbocycles. The van der Waals surface area contributed by atoms with Crippen LogP contribution in [0.5, 0.6) is 0 Å². The van der Waals surface area contributed by atoms with Crippen LogP contribution in [0, 0.1) is 5.92 Å². The van der Waals surface area contributed by atoms with Gasteiger partial charge in [-0.05, 0) is 79.8 Å². The summed E-state index contributed by atoms with van der Waals surface area (Å²) >= 11 is 0. The largest absolute Gasteiger partial charge is 0.458 e. The van der Waals surface area contributed by atoms with Crippen molar-refractivity contribution in [2.45, 2.75) is 116 Å². The summed E-state index contributed by atoms with van der Waals surface area (Å²) in [7, 11) is 0. The zero-order valence-electron chi connectivity index (χ0n) is 23.7. The molecular weight excluding hydrogens is 472 g/mol. The lowest BCUT2D eigenvalue weighted by Gasteiger charge is -2.29. The van der Waals surface area contributed by atoms with E-state index in [4.69, 9.17) is 9.47 Å². The van der Waals surface area contributed by atoms with Crippen molar-refractivity contribution in [2.24, 2.45) is 5.92 Å². The van der Waals surface area contributed by atoms with Crippen LogP contribution in [0.4, 0.5) is 0 Å². The Labute approximate surface area is 230 Å². The Kier molecular flexibility index (Phi) is 13.4. The van der Waals surface area contributed by atoms with E-state index in [2.05, 4.69) is 13.8 Å². The maximum atomic E-state index is 13.0. The third kappa shape index (κ3) is 10.3. The van der Waals surface area contributed by atoms with Crippen LogP contribution in [0.15, 0.2) is 48.5 Å². The molecule has 38 heavy (non-hydrogen) atoms. The molecular formula is C34H48O4. The van der Waals surface area contributed by atoms with Crippen LogP contribution in [0.1, 0.15) is 129 Å². The Bertz CT molecular complexity index is 941. The van der Waals surface area contributed by atoms with Crippen molar-refractivity contribution in [3.05, 3.63) is 70.8 Å². The SMILES string of the molecule is CCCCCCc1ccc(C(=O)OCC(OC(=O)c2ccc(CCCCCC)cc2)C2CCCCC2)cc1. The minimum Gasteiger partial charge on any atom is -0.458 e. The Morgan fingerprint density at radius 1 is 0.684 bits per heavy atom. The predicted molar refractivity (Wildman–Crippen MR) is 155 cm³/mol. The highest BCUT2D eigenvalue weighted by Gasteiger charge is 2.29. The lowest BCUT2D eigenvalue weighted by molar-refractivity contribution is -0.0247. The number of carbonyl (C=O) groups is 2. The van der Waals surface area contributed by atoms with Crippen molar-refractivity contribution in [2.75, 3.05) is 6.61 Å². The Hall–Kier alpha value is -2.62. The molecule has 1 aliphatic carbocycles. The fourth-order valence-corrected chi connectivity index (χ4v) is 5.35. The van der Waals surface area contributed by atoms with Crippen LogP contribution in [0.2, 0.25) is 0 Å². The van der Waals surface area contributed by atoms with Gasteiger partial charge >= 0.3 is 11.9 Å². The number of hydrogen-bond donors (Lipinski definition) is 0. The number of carbonyl (C=O) groups excluding carboxylic acids is 2. The molecule has 4 heteroatoms. The molecule has 0 N–H and O–H groups in total. The Balaban J connectivity index is 1.54. The number of esters is 2. The lowest BCUT2D eigenvalue weighted by atomic mass is 9.85. The number of rotatable bonds is 16. The van der Waals surface area contributed by atoms with Crippen LogP contribution in [0.25, 0.3) is 0 Å². The van der Waals surface area contributed by atoms with Crippen LogP contribution < -0.4 is 0 Å². The fourth-order valence-electron chi connectivity index (χ4n) is 5.35. The van der Waals surface area contributed by atoms with Crippen molar-refractivity contribution in [1.29, 1.82) is 0 Å². The van der Waals surface area contributed by atoms with E-state index in [0.29, 0.717) is 11.1 Å². The molecule has 1 unspecified atom stereocenters. The topological polar surface area (TPSA) is 52.6 Å². The van der Waals surface area contributed by atoms with E-state index >= 15 is 0 Å². The van der Waals surface area contributed by atoms with Crippen molar-refractivity contribution >= 4 is 11.9 Å². The van der Waals surface area contributed by atoms with Gasteiger partial charge in [0.05, 0.1) is 11.1 Å². The van der Waals surface area contributed by atoms with Crippen LogP contribution >= 0.6 is 0 Å². The van der Waals surface area contributed by atoms with Crippen molar-refractivity contribution in [3.8, 4) is 0 Å². The van der Waals surface area contributed by atoms with Gasteiger partial charge in [-0.2, -0.15) is 0 Å². The van der Waals surface area contributed by atoms with Gasteiger partial charge in [-0.3, -0.25) is 0 Å². The van der Waals surface area contributed by atoms with Crippen molar-refractivity contribution in [1.82, 2.24) is 0 Å². The highest BCUT2D eigenvalue weighted by Crippen LogP contribution is 2.29. The van der Waals surface area contributed by atoms with Gasteiger partial charge in [0.25, 0.3) is 0 Å². The van der Waals surface area contributed by atoms with Crippen LogP contribution in [-0.2, 0) is 22.3 Å². The minimum atomic E-state index is -0.418. The van der Waals surface area contributed by atoms with E-state index in [1.54, 1.807) is 0 Å². The van der Waals surface area contributed by atoms with Gasteiger partial charge in [0.15, 0.2) is 0 Å². The van der Waals surface area contributed by atoms with E-state index in [0.717, 1.165) is 38.5 Å². The molecule has 0 aromatic heterocycles. The van der Waals surface area contributed by atoms with E-state index < -0.39 is 6.10 Å². The van der Waals surface area contributed by atoms with E-state index in [1.165, 1.54) is 68.9 Å². The third-order valence-corrected chi connectivity index (χ3v) is 7.83. The summed E-state index contributed by atoms with van der Waals surface area (Å²) in [4.78, 5) is 25.8. The maximum absolute atomic E-state index is 13.0. The number of ether oxygens (including phenoxy) is 2. The first-order chi connectivity index (χ1) is 18.6. The van der Waals surface area contributed by atoms with Gasteiger partial charge in [0.2, 0.25) is 0 Å². The van der Waals surface area contributed by atoms with Crippen LogP contribution in [0.3, 0.4) is 0 Å². The summed E-state index contributed by atoms with van der Waals surface area (Å²) in [5, 5.41) is 0. The molecule has 3 rings (SSSR count). The molecule has 0 bridgehead atoms. The summed E-state index contributed by atoms with van der Waals surface area (Å²) < 4.78 is 11.7. The first-order valence-electron chi connectivity index (χ1n) is 15.2. The van der Waals surface area contributed by atoms with Gasteiger partial charge < -0.3 is 9.47 Å². The lowest BCUT2D eigenvalue weighted by Crippen LogP contribution is -2.33. The van der Waals surface area contributed by atoms with Crippen LogP contribution in [-0.4, -0.2) is 24.6 Å². The molecule has 0 radical (unpaired) electrons. The first kappa shape index (κ1) is 29.9. The number of benzene rings is 2. The molecule has 0 amide bonds. The molecule has 1 atom stereocenters. The third-order valence-electron chi connectivity index (χ3n) is 7.83. The zero-order chi connectivity index (χ0) is 27.0. The average molecular weight is 521 g/mol. The number of unbranched alkanes of at least 4 members (excludes halogenated alkanes) is 6. The minimum absolute atomic E-state index is 0.101. The van der Waals surface area contributed by atoms with Gasteiger partial charge in [0.1, 0.15) is 12.7 Å². The summed E-state index contributed by atoms with van der Waals surface area (Å²) in [5.41, 5.74) is 3.61. The monoisotopic (exact) mass is 520 g/mol. The standard InChI is InChI=1S/C34H48O4/c1-3-5-7-10-14-27-18-22-30(23-19-27)33(35)37-26-32(29-16-12-9-13-17-29)38-34(36)31-24-20-28(21-25-31)15-11-8-6-4-2/h18-25,29,32H,3-17,26H2,1-2H3. The molecule has 0 saturated heterocycles. The second-order valence-electron chi connectivity index (χ2n) is 11.0. The number of aryl methyl sites for hydroxylation is 2. The van der Waals surface area contributed by atoms with Gasteiger partial charge in [-0.25, -0.2) is 9.59 Å². The molecule has 1 fully saturated rings. The summed E-state index contributed by atoms with van der Waals surface area (Å²) in [6, 6.07) is 15.5. The Morgan fingerprint density at radius 2 is 1.18 bits per heavy atom. The molecule has 208 valence electrons. The highest BCUT2D eigenvalue weighted by atomic mass is 16.6. The molecule has 1 aliphatic rings. The Morgan fingerprint density at radius 3 is 1.68 bits per heavy atom. The van der Waals surface area contributed by atoms with E-state index in [-0.39, 0.29) is 24.5 Å². The first-order valence-corrected chi connectivity index (χ1v) is 15.2.